The molecule has 2 heterocycles. The summed E-state index contributed by atoms with van der Waals surface area (Å²) in [6.45, 7) is 0.984. The molecule has 1 atom stereocenters. The minimum absolute atomic E-state index is 0.0543. The van der Waals surface area contributed by atoms with Crippen LogP contribution in [0.15, 0.2) is 18.2 Å². The number of nitrogens with zero attached hydrogens (tertiary/aromatic N) is 1. The smallest absolute Gasteiger partial charge is 0.344 e. The number of hydrogen-bond donors (Lipinski definition) is 3. The summed E-state index contributed by atoms with van der Waals surface area (Å²) >= 11 is 6.09. The molecule has 168 valence electrons. The van der Waals surface area contributed by atoms with Crippen LogP contribution in [-0.2, 0) is 14.3 Å². The number of rotatable bonds is 7. The fraction of sp³-hybridized carbons (Fsp3) is 0.571. The predicted octanol–water partition coefficient (Wildman–Crippen LogP) is 2.60. The number of anilines is 1. The molecule has 1 aliphatic carbocycles. The Kier molecular flexibility index (Phi) is 6.52. The van der Waals surface area contributed by atoms with Crippen LogP contribution in [-0.4, -0.2) is 54.3 Å². The Morgan fingerprint density at radius 3 is 2.81 bits per heavy atom. The summed E-state index contributed by atoms with van der Waals surface area (Å²) in [6, 6.07) is 4.49. The van der Waals surface area contributed by atoms with E-state index in [0.717, 1.165) is 43.7 Å². The highest BCUT2D eigenvalue weighted by atomic mass is 35.5. The zero-order valence-corrected chi connectivity index (χ0v) is 18.0. The Morgan fingerprint density at radius 1 is 1.26 bits per heavy atom. The molecule has 9 nitrogen and oxygen atoms in total. The molecule has 1 aromatic carbocycles. The highest BCUT2D eigenvalue weighted by molar-refractivity contribution is 6.31. The second-order valence-electron chi connectivity index (χ2n) is 8.19. The maximum Gasteiger partial charge on any atom is 0.344 e. The second kappa shape index (κ2) is 9.32. The Hall–Kier alpha value is -2.52. The van der Waals surface area contributed by atoms with Crippen molar-refractivity contribution in [3.8, 4) is 5.75 Å². The lowest BCUT2D eigenvalue weighted by Crippen LogP contribution is -2.51. The van der Waals surface area contributed by atoms with Crippen molar-refractivity contribution >= 4 is 35.1 Å². The molecule has 2 saturated heterocycles. The third kappa shape index (κ3) is 4.88. The minimum atomic E-state index is -0.883. The quantitative estimate of drug-likeness (QED) is 0.551. The molecular formula is C21H27ClN4O5. The van der Waals surface area contributed by atoms with Crippen molar-refractivity contribution in [1.82, 2.24) is 15.8 Å². The van der Waals surface area contributed by atoms with Crippen molar-refractivity contribution in [1.29, 1.82) is 0 Å². The van der Waals surface area contributed by atoms with Crippen molar-refractivity contribution in [2.45, 2.75) is 56.6 Å². The largest absolute Gasteiger partial charge is 0.489 e. The van der Waals surface area contributed by atoms with Gasteiger partial charge in [-0.05, 0) is 43.9 Å². The second-order valence-corrected chi connectivity index (χ2v) is 8.62. The number of halogens is 1. The van der Waals surface area contributed by atoms with Crippen LogP contribution in [0.3, 0.4) is 0 Å². The van der Waals surface area contributed by atoms with E-state index in [0.29, 0.717) is 35.9 Å². The first-order chi connectivity index (χ1) is 15.0. The SMILES string of the molecule is O=C(CNc1cc(Cl)ccc1OCC1CCCO1)NN1C(=O)NC2(CCCCC2)C1=O. The molecule has 0 bridgehead atoms. The molecule has 31 heavy (non-hydrogen) atoms. The van der Waals surface area contributed by atoms with Gasteiger partial charge in [-0.15, -0.1) is 0 Å². The lowest BCUT2D eigenvalue weighted by atomic mass is 9.82. The number of hydrogen-bond acceptors (Lipinski definition) is 6. The third-order valence-corrected chi connectivity index (χ3v) is 6.17. The summed E-state index contributed by atoms with van der Waals surface area (Å²) in [5, 5.41) is 7.01. The van der Waals surface area contributed by atoms with E-state index >= 15 is 0 Å². The molecule has 3 aliphatic rings. The molecule has 3 fully saturated rings. The van der Waals surface area contributed by atoms with Crippen molar-refractivity contribution in [3.05, 3.63) is 23.2 Å². The first-order valence-electron chi connectivity index (χ1n) is 10.7. The van der Waals surface area contributed by atoms with E-state index in [-0.39, 0.29) is 12.6 Å². The van der Waals surface area contributed by atoms with Crippen molar-refractivity contribution < 1.29 is 23.9 Å². The number of imide groups is 1. The number of carbonyl (C=O) groups excluding carboxylic acids is 3. The highest BCUT2D eigenvalue weighted by Gasteiger charge is 2.52. The number of urea groups is 1. The summed E-state index contributed by atoms with van der Waals surface area (Å²) in [5.41, 5.74) is 2.07. The molecule has 1 aromatic rings. The molecule has 2 aliphatic heterocycles. The first kappa shape index (κ1) is 21.7. The van der Waals surface area contributed by atoms with Gasteiger partial charge in [0.25, 0.3) is 11.8 Å². The van der Waals surface area contributed by atoms with Gasteiger partial charge in [0.2, 0.25) is 0 Å². The van der Waals surface area contributed by atoms with Crippen LogP contribution in [0.25, 0.3) is 0 Å². The van der Waals surface area contributed by atoms with Gasteiger partial charge < -0.3 is 20.1 Å². The topological polar surface area (TPSA) is 109 Å². The van der Waals surface area contributed by atoms with Crippen LogP contribution >= 0.6 is 11.6 Å². The normalized spacial score (nSPS) is 22.5. The zero-order valence-electron chi connectivity index (χ0n) is 17.2. The Bertz CT molecular complexity index is 852. The Morgan fingerprint density at radius 2 is 2.06 bits per heavy atom. The minimum Gasteiger partial charge on any atom is -0.489 e. The summed E-state index contributed by atoms with van der Waals surface area (Å²) in [4.78, 5) is 37.5. The van der Waals surface area contributed by atoms with Crippen molar-refractivity contribution in [2.75, 3.05) is 25.1 Å². The number of amides is 4. The standard InChI is InChI=1S/C21H27ClN4O5/c22-14-6-7-17(31-13-15-5-4-10-30-15)16(11-14)23-12-18(27)25-26-19(28)21(24-20(26)29)8-2-1-3-9-21/h6-7,11,15,23H,1-5,8-10,12-13H2,(H,24,29)(H,25,27). The lowest BCUT2D eigenvalue weighted by Gasteiger charge is -2.30. The Labute approximate surface area is 185 Å². The van der Waals surface area contributed by atoms with Gasteiger partial charge in [-0.25, -0.2) is 4.79 Å². The third-order valence-electron chi connectivity index (χ3n) is 5.94. The van der Waals surface area contributed by atoms with Gasteiger partial charge in [0.15, 0.2) is 0 Å². The fourth-order valence-electron chi connectivity index (χ4n) is 4.28. The molecule has 3 N–H and O–H groups in total. The van der Waals surface area contributed by atoms with Crippen LogP contribution in [0.4, 0.5) is 10.5 Å². The van der Waals surface area contributed by atoms with Crippen LogP contribution in [0.5, 0.6) is 5.75 Å². The molecule has 1 saturated carbocycles. The zero-order chi connectivity index (χ0) is 21.8. The van der Waals surface area contributed by atoms with Crippen LogP contribution < -0.4 is 20.8 Å². The maximum atomic E-state index is 12.8. The summed E-state index contributed by atoms with van der Waals surface area (Å²) in [5.74, 6) is -0.376. The van der Waals surface area contributed by atoms with E-state index < -0.39 is 23.4 Å². The summed E-state index contributed by atoms with van der Waals surface area (Å²) in [7, 11) is 0. The van der Waals surface area contributed by atoms with Gasteiger partial charge >= 0.3 is 6.03 Å². The molecule has 10 heteroatoms. The van der Waals surface area contributed by atoms with Gasteiger partial charge in [-0.1, -0.05) is 30.9 Å². The van der Waals surface area contributed by atoms with E-state index in [1.165, 1.54) is 0 Å². The molecule has 1 unspecified atom stereocenters. The average molecular weight is 451 g/mol. The summed E-state index contributed by atoms with van der Waals surface area (Å²) in [6.07, 6.45) is 6.00. The van der Waals surface area contributed by atoms with E-state index in [2.05, 4.69) is 16.1 Å². The van der Waals surface area contributed by atoms with Gasteiger partial charge in [0.1, 0.15) is 17.9 Å². The number of ether oxygens (including phenoxy) is 2. The first-order valence-corrected chi connectivity index (χ1v) is 11.1. The average Bonchev–Trinajstić information content (AvgIpc) is 3.35. The van der Waals surface area contributed by atoms with Gasteiger partial charge in [0.05, 0.1) is 18.3 Å². The van der Waals surface area contributed by atoms with Crippen molar-refractivity contribution in [2.24, 2.45) is 0 Å². The van der Waals surface area contributed by atoms with E-state index in [1.807, 2.05) is 0 Å². The lowest BCUT2D eigenvalue weighted by molar-refractivity contribution is -0.139. The van der Waals surface area contributed by atoms with Crippen LogP contribution in [0, 0.1) is 0 Å². The van der Waals surface area contributed by atoms with Gasteiger partial charge in [0, 0.05) is 11.6 Å². The number of nitrogens with one attached hydrogen (secondary N) is 3. The number of hydrazine groups is 1. The number of benzene rings is 1. The monoisotopic (exact) mass is 450 g/mol. The molecule has 4 rings (SSSR count). The summed E-state index contributed by atoms with van der Waals surface area (Å²) < 4.78 is 11.4. The fourth-order valence-corrected chi connectivity index (χ4v) is 4.45. The Balaban J connectivity index is 1.33. The van der Waals surface area contributed by atoms with Gasteiger partial charge in [-0.3, -0.25) is 15.0 Å². The van der Waals surface area contributed by atoms with E-state index in [9.17, 15) is 14.4 Å². The van der Waals surface area contributed by atoms with E-state index in [1.54, 1.807) is 18.2 Å². The maximum absolute atomic E-state index is 12.8. The molecule has 0 radical (unpaired) electrons. The highest BCUT2D eigenvalue weighted by Crippen LogP contribution is 2.33. The van der Waals surface area contributed by atoms with Crippen molar-refractivity contribution in [3.63, 3.8) is 0 Å². The van der Waals surface area contributed by atoms with Crippen LogP contribution in [0.2, 0.25) is 5.02 Å². The molecule has 1 spiro atoms. The molecule has 4 amide bonds. The van der Waals surface area contributed by atoms with Crippen LogP contribution in [0.1, 0.15) is 44.9 Å². The molecule has 0 aromatic heterocycles. The van der Waals surface area contributed by atoms with Gasteiger partial charge in [-0.2, -0.15) is 5.01 Å². The van der Waals surface area contributed by atoms with E-state index in [4.69, 9.17) is 21.1 Å². The number of carbonyl (C=O) groups is 3. The molecular weight excluding hydrogens is 424 g/mol. The predicted molar refractivity (Wildman–Crippen MR) is 114 cm³/mol.